The number of carbonyl (C=O) groups excluding carboxylic acids is 2. The summed E-state index contributed by atoms with van der Waals surface area (Å²) in [5, 5.41) is 7.89. The number of rotatable bonds is 4. The molecule has 0 unspecified atom stereocenters. The molecule has 33 heavy (non-hydrogen) atoms. The van der Waals surface area contributed by atoms with E-state index in [-0.39, 0.29) is 16.3 Å². The highest BCUT2D eigenvalue weighted by atomic mass is 32.1. The highest BCUT2D eigenvalue weighted by Gasteiger charge is 2.37. The lowest BCUT2D eigenvalue weighted by molar-refractivity contribution is 0.0601. The largest absolute Gasteiger partial charge is 0.465 e. The Hall–Kier alpha value is -2.72. The maximum atomic E-state index is 13.3. The van der Waals surface area contributed by atoms with E-state index in [2.05, 4.69) is 29.7 Å². The molecule has 0 aromatic carbocycles. The predicted molar refractivity (Wildman–Crippen MR) is 132 cm³/mol. The normalized spacial score (nSPS) is 17.8. The number of methoxy groups -OCH3 is 1. The molecule has 0 saturated heterocycles. The average Bonchev–Trinajstić information content (AvgIpc) is 3.27. The Morgan fingerprint density at radius 1 is 1.24 bits per heavy atom. The zero-order valence-corrected chi connectivity index (χ0v) is 20.8. The lowest BCUT2D eigenvalue weighted by atomic mass is 9.75. The first kappa shape index (κ1) is 23.4. The van der Waals surface area contributed by atoms with Crippen molar-refractivity contribution in [1.29, 1.82) is 0 Å². The van der Waals surface area contributed by atoms with E-state index in [0.29, 0.717) is 34.7 Å². The fourth-order valence-electron chi connectivity index (χ4n) is 4.68. The maximum Gasteiger partial charge on any atom is 0.341 e. The quantitative estimate of drug-likeness (QED) is 0.337. The van der Waals surface area contributed by atoms with Gasteiger partial charge in [-0.15, -0.1) is 11.3 Å². The molecular weight excluding hydrogens is 460 g/mol. The van der Waals surface area contributed by atoms with Crippen LogP contribution in [0.4, 0.5) is 5.00 Å². The van der Waals surface area contributed by atoms with Crippen LogP contribution in [-0.2, 0) is 24.0 Å². The van der Waals surface area contributed by atoms with Gasteiger partial charge in [0.1, 0.15) is 10.8 Å². The molecule has 0 spiro atoms. The minimum atomic E-state index is -0.430. The Kier molecular flexibility index (Phi) is 6.32. The first-order valence-corrected chi connectivity index (χ1v) is 12.1. The number of esters is 1. The van der Waals surface area contributed by atoms with Crippen LogP contribution in [0.15, 0.2) is 9.52 Å². The third kappa shape index (κ3) is 4.54. The van der Waals surface area contributed by atoms with Gasteiger partial charge in [-0.2, -0.15) is 5.10 Å². The predicted octanol–water partition coefficient (Wildman–Crippen LogP) is 4.08. The molecule has 1 amide bonds. The molecule has 0 bridgehead atoms. The van der Waals surface area contributed by atoms with Gasteiger partial charge in [-0.05, 0) is 62.2 Å². The van der Waals surface area contributed by atoms with Crippen molar-refractivity contribution in [2.75, 3.05) is 12.4 Å². The van der Waals surface area contributed by atoms with E-state index in [1.165, 1.54) is 18.4 Å². The van der Waals surface area contributed by atoms with Gasteiger partial charge in [0.15, 0.2) is 10.9 Å². The van der Waals surface area contributed by atoms with Crippen LogP contribution >= 0.6 is 23.6 Å². The number of nitrogens with zero attached hydrogens (tertiary/aromatic N) is 1. The molecule has 10 heteroatoms. The summed E-state index contributed by atoms with van der Waals surface area (Å²) in [5.74, 6) is 0.0873. The molecule has 8 nitrogen and oxygen atoms in total. The van der Waals surface area contributed by atoms with Gasteiger partial charge in [0.05, 0.1) is 18.4 Å². The number of nitrogens with two attached hydrogens (primary N) is 1. The van der Waals surface area contributed by atoms with Crippen LogP contribution in [0.25, 0.3) is 0 Å². The summed E-state index contributed by atoms with van der Waals surface area (Å²) < 4.78 is 11.1. The molecule has 2 aromatic rings. The van der Waals surface area contributed by atoms with Crippen molar-refractivity contribution in [3.63, 3.8) is 0 Å². The summed E-state index contributed by atoms with van der Waals surface area (Å²) >= 11 is 6.33. The number of carbonyl (C=O) groups is 2. The summed E-state index contributed by atoms with van der Waals surface area (Å²) in [6, 6.07) is 0. The number of nitrogens with one attached hydrogen (secondary N) is 2. The van der Waals surface area contributed by atoms with E-state index in [0.717, 1.165) is 47.4 Å². The van der Waals surface area contributed by atoms with Crippen LogP contribution in [0, 0.1) is 12.3 Å². The van der Waals surface area contributed by atoms with Crippen LogP contribution < -0.4 is 16.5 Å². The van der Waals surface area contributed by atoms with Crippen molar-refractivity contribution in [3.05, 3.63) is 38.7 Å². The number of ether oxygens (including phenoxy) is 1. The van der Waals surface area contributed by atoms with E-state index >= 15 is 0 Å². The zero-order valence-electron chi connectivity index (χ0n) is 19.2. The Balaban J connectivity index is 1.70. The highest BCUT2D eigenvalue weighted by molar-refractivity contribution is 7.80. The van der Waals surface area contributed by atoms with Gasteiger partial charge < -0.3 is 20.2 Å². The molecule has 4 rings (SSSR count). The Labute approximate surface area is 201 Å². The van der Waals surface area contributed by atoms with Gasteiger partial charge >= 0.3 is 5.97 Å². The monoisotopic (exact) mass is 488 g/mol. The summed E-state index contributed by atoms with van der Waals surface area (Å²) in [4.78, 5) is 27.0. The number of thiocarbonyl (C=S) groups is 1. The molecule has 2 heterocycles. The number of amides is 1. The SMILES string of the molecule is COC(=O)c1c(NC(=O)c2oc3c(c2C)/C(=N\NC(N)=S)CC(C)(C)C3)sc2c1CCCC2. The average molecular weight is 489 g/mol. The summed E-state index contributed by atoms with van der Waals surface area (Å²) in [5.41, 5.74) is 11.8. The Bertz CT molecular complexity index is 1180. The summed E-state index contributed by atoms with van der Waals surface area (Å²) in [7, 11) is 1.36. The summed E-state index contributed by atoms with van der Waals surface area (Å²) in [6.07, 6.45) is 5.15. The second kappa shape index (κ2) is 8.90. The molecule has 0 radical (unpaired) electrons. The molecule has 2 aliphatic rings. The van der Waals surface area contributed by atoms with Gasteiger partial charge in [0.2, 0.25) is 0 Å². The number of aryl methyl sites for hydroxylation is 1. The minimum absolute atomic E-state index is 0.0727. The number of fused-ring (bicyclic) bond motifs is 2. The van der Waals surface area contributed by atoms with Crippen molar-refractivity contribution >= 4 is 51.3 Å². The smallest absolute Gasteiger partial charge is 0.341 e. The molecular formula is C23H28N4O4S2. The number of anilines is 1. The van der Waals surface area contributed by atoms with Crippen molar-refractivity contribution < 1.29 is 18.7 Å². The summed E-state index contributed by atoms with van der Waals surface area (Å²) in [6.45, 7) is 6.07. The van der Waals surface area contributed by atoms with Crippen LogP contribution in [0.1, 0.15) is 81.4 Å². The van der Waals surface area contributed by atoms with E-state index in [1.807, 2.05) is 6.92 Å². The second-order valence-electron chi connectivity index (χ2n) is 9.27. The van der Waals surface area contributed by atoms with E-state index < -0.39 is 11.9 Å². The lowest BCUT2D eigenvalue weighted by Gasteiger charge is -2.29. The lowest BCUT2D eigenvalue weighted by Crippen LogP contribution is -2.31. The molecule has 4 N–H and O–H groups in total. The first-order chi connectivity index (χ1) is 15.6. The first-order valence-electron chi connectivity index (χ1n) is 10.9. The number of hydrogen-bond donors (Lipinski definition) is 3. The molecule has 176 valence electrons. The van der Waals surface area contributed by atoms with Gasteiger partial charge in [-0.3, -0.25) is 10.2 Å². The van der Waals surface area contributed by atoms with Crippen molar-refractivity contribution in [1.82, 2.24) is 5.43 Å². The van der Waals surface area contributed by atoms with Crippen molar-refractivity contribution in [2.45, 2.75) is 59.3 Å². The zero-order chi connectivity index (χ0) is 23.9. The molecule has 2 aliphatic carbocycles. The standard InChI is InChI=1S/C23H28N4O4S2/c1-11-16-13(26-27-22(24)32)9-23(2,3)10-14(16)31-18(11)19(28)25-20-17(21(29)30-4)12-7-5-6-8-15(12)33-20/h5-10H2,1-4H3,(H,25,28)(H3,24,27,32)/b26-13-. The van der Waals surface area contributed by atoms with Crippen LogP contribution in [0.5, 0.6) is 0 Å². The third-order valence-electron chi connectivity index (χ3n) is 6.09. The Morgan fingerprint density at radius 2 is 1.97 bits per heavy atom. The van der Waals surface area contributed by atoms with Gasteiger partial charge in [0.25, 0.3) is 5.91 Å². The van der Waals surface area contributed by atoms with Gasteiger partial charge in [0, 0.05) is 22.4 Å². The van der Waals surface area contributed by atoms with Crippen molar-refractivity contribution in [3.8, 4) is 0 Å². The molecule has 0 atom stereocenters. The minimum Gasteiger partial charge on any atom is -0.465 e. The maximum absolute atomic E-state index is 13.3. The van der Waals surface area contributed by atoms with Crippen LogP contribution in [0.2, 0.25) is 0 Å². The van der Waals surface area contributed by atoms with Gasteiger partial charge in [-0.1, -0.05) is 13.8 Å². The number of hydrazone groups is 1. The second-order valence-corrected chi connectivity index (χ2v) is 10.8. The third-order valence-corrected chi connectivity index (χ3v) is 7.39. The number of hydrogen-bond acceptors (Lipinski definition) is 7. The van der Waals surface area contributed by atoms with Gasteiger partial charge in [-0.25, -0.2) is 4.79 Å². The van der Waals surface area contributed by atoms with E-state index in [9.17, 15) is 9.59 Å². The van der Waals surface area contributed by atoms with Crippen molar-refractivity contribution in [2.24, 2.45) is 16.3 Å². The fraction of sp³-hybridized carbons (Fsp3) is 0.478. The fourth-order valence-corrected chi connectivity index (χ4v) is 6.00. The Morgan fingerprint density at radius 3 is 2.67 bits per heavy atom. The molecule has 0 aliphatic heterocycles. The van der Waals surface area contributed by atoms with Crippen LogP contribution in [0.3, 0.4) is 0 Å². The molecule has 0 fully saturated rings. The highest BCUT2D eigenvalue weighted by Crippen LogP contribution is 2.41. The van der Waals surface area contributed by atoms with E-state index in [1.54, 1.807) is 0 Å². The number of thiophene rings is 1. The number of furan rings is 1. The van der Waals surface area contributed by atoms with E-state index in [4.69, 9.17) is 27.1 Å². The molecule has 2 aromatic heterocycles. The molecule has 0 saturated carbocycles. The van der Waals surface area contributed by atoms with Crippen LogP contribution in [-0.4, -0.2) is 29.8 Å². The topological polar surface area (TPSA) is 119 Å².